The van der Waals surface area contributed by atoms with E-state index in [0.717, 1.165) is 22.4 Å². The van der Waals surface area contributed by atoms with Gasteiger partial charge in [-0.2, -0.15) is 5.26 Å². The quantitative estimate of drug-likeness (QED) is 0.700. The Labute approximate surface area is 171 Å². The minimum Gasteiger partial charge on any atom is -0.383 e. The molecule has 0 saturated carbocycles. The number of hydrogen-bond donors (Lipinski definition) is 1. The molecule has 0 aromatic heterocycles. The minimum absolute atomic E-state index is 0.0761. The Kier molecular flexibility index (Phi) is 8.13. The molecule has 0 aliphatic carbocycles. The van der Waals surface area contributed by atoms with Gasteiger partial charge in [-0.15, -0.1) is 0 Å². The lowest BCUT2D eigenvalue weighted by Gasteiger charge is -2.21. The topological polar surface area (TPSA) is 82.4 Å². The van der Waals surface area contributed by atoms with Crippen LogP contribution in [0.3, 0.4) is 0 Å². The molecule has 0 heterocycles. The predicted octanol–water partition coefficient (Wildman–Crippen LogP) is 3.30. The summed E-state index contributed by atoms with van der Waals surface area (Å²) in [6.45, 7) is 4.47. The van der Waals surface area contributed by atoms with Crippen LogP contribution in [-0.2, 0) is 14.3 Å². The molecule has 0 atom stereocenters. The van der Waals surface area contributed by atoms with Crippen LogP contribution in [0.4, 0.5) is 5.69 Å². The van der Waals surface area contributed by atoms with Crippen molar-refractivity contribution in [2.45, 2.75) is 13.8 Å². The highest BCUT2D eigenvalue weighted by atomic mass is 16.5. The molecule has 0 fully saturated rings. The van der Waals surface area contributed by atoms with Gasteiger partial charge in [0.05, 0.1) is 18.2 Å². The second kappa shape index (κ2) is 10.8. The van der Waals surface area contributed by atoms with Crippen LogP contribution in [0.1, 0.15) is 22.3 Å². The molecule has 6 nitrogen and oxygen atoms in total. The first kappa shape index (κ1) is 21.9. The number of nitriles is 1. The Morgan fingerprint density at radius 2 is 1.90 bits per heavy atom. The molecule has 2 amide bonds. The van der Waals surface area contributed by atoms with Crippen molar-refractivity contribution < 1.29 is 14.3 Å². The minimum atomic E-state index is -0.289. The van der Waals surface area contributed by atoms with Crippen LogP contribution in [0, 0.1) is 25.2 Å². The van der Waals surface area contributed by atoms with E-state index in [-0.39, 0.29) is 18.4 Å². The number of nitrogens with zero attached hydrogens (tertiary/aromatic N) is 2. The molecule has 0 spiro atoms. The normalized spacial score (nSPS) is 10.6. The maximum absolute atomic E-state index is 12.6. The standard InChI is InChI=1S/C23H25N3O3/c1-17-5-4-6-21(18(17)2)25-22(27)16-26(13-14-29-3)23(28)12-11-19-7-9-20(15-24)10-8-19/h4-12H,13-14,16H2,1-3H3,(H,25,27)/b12-11+. The summed E-state index contributed by atoms with van der Waals surface area (Å²) < 4.78 is 5.07. The maximum atomic E-state index is 12.6. The molecule has 2 aromatic carbocycles. The number of aryl methyl sites for hydroxylation is 1. The highest BCUT2D eigenvalue weighted by Crippen LogP contribution is 2.17. The third-order valence-electron chi connectivity index (χ3n) is 4.55. The zero-order valence-electron chi connectivity index (χ0n) is 16.9. The average Bonchev–Trinajstić information content (AvgIpc) is 2.73. The van der Waals surface area contributed by atoms with E-state index in [4.69, 9.17) is 10.00 Å². The number of methoxy groups -OCH3 is 1. The fourth-order valence-electron chi connectivity index (χ4n) is 2.66. The van der Waals surface area contributed by atoms with Gasteiger partial charge in [0.15, 0.2) is 0 Å². The fraction of sp³-hybridized carbons (Fsp3) is 0.261. The SMILES string of the molecule is COCCN(CC(=O)Nc1cccc(C)c1C)C(=O)/C=C/c1ccc(C#N)cc1. The monoisotopic (exact) mass is 391 g/mol. The molecule has 150 valence electrons. The van der Waals surface area contributed by atoms with Gasteiger partial charge in [-0.3, -0.25) is 9.59 Å². The van der Waals surface area contributed by atoms with Crippen LogP contribution in [0.5, 0.6) is 0 Å². The number of benzene rings is 2. The molecule has 0 saturated heterocycles. The number of rotatable bonds is 8. The summed E-state index contributed by atoms with van der Waals surface area (Å²) in [6, 6.07) is 14.6. The zero-order valence-corrected chi connectivity index (χ0v) is 16.9. The lowest BCUT2D eigenvalue weighted by molar-refractivity contribution is -0.131. The summed E-state index contributed by atoms with van der Waals surface area (Å²) in [7, 11) is 1.55. The van der Waals surface area contributed by atoms with Gasteiger partial charge in [-0.1, -0.05) is 24.3 Å². The Morgan fingerprint density at radius 1 is 1.17 bits per heavy atom. The van der Waals surface area contributed by atoms with Gasteiger partial charge in [-0.05, 0) is 54.8 Å². The lowest BCUT2D eigenvalue weighted by atomic mass is 10.1. The Balaban J connectivity index is 2.05. The van der Waals surface area contributed by atoms with E-state index in [1.807, 2.05) is 32.0 Å². The number of amides is 2. The van der Waals surface area contributed by atoms with Gasteiger partial charge < -0.3 is 15.0 Å². The third-order valence-corrected chi connectivity index (χ3v) is 4.55. The van der Waals surface area contributed by atoms with Crippen molar-refractivity contribution in [2.24, 2.45) is 0 Å². The summed E-state index contributed by atoms with van der Waals surface area (Å²) in [5.74, 6) is -0.558. The first-order chi connectivity index (χ1) is 13.9. The molecule has 1 N–H and O–H groups in total. The van der Waals surface area contributed by atoms with Crippen LogP contribution in [0.15, 0.2) is 48.5 Å². The summed E-state index contributed by atoms with van der Waals surface area (Å²) in [5.41, 5.74) is 4.17. The third kappa shape index (κ3) is 6.59. The van der Waals surface area contributed by atoms with Gasteiger partial charge in [0.25, 0.3) is 0 Å². The van der Waals surface area contributed by atoms with Gasteiger partial charge in [0.2, 0.25) is 11.8 Å². The number of carbonyl (C=O) groups is 2. The van der Waals surface area contributed by atoms with E-state index in [1.54, 1.807) is 37.5 Å². The van der Waals surface area contributed by atoms with E-state index in [9.17, 15) is 9.59 Å². The van der Waals surface area contributed by atoms with Crippen molar-refractivity contribution >= 4 is 23.6 Å². The van der Waals surface area contributed by atoms with Crippen LogP contribution < -0.4 is 5.32 Å². The van der Waals surface area contributed by atoms with Crippen molar-refractivity contribution in [3.63, 3.8) is 0 Å². The second-order valence-corrected chi connectivity index (χ2v) is 6.62. The van der Waals surface area contributed by atoms with Gasteiger partial charge >= 0.3 is 0 Å². The number of carbonyl (C=O) groups excluding carboxylic acids is 2. The zero-order chi connectivity index (χ0) is 21.2. The van der Waals surface area contributed by atoms with E-state index in [0.29, 0.717) is 18.7 Å². The molecular formula is C23H25N3O3. The van der Waals surface area contributed by atoms with Crippen molar-refractivity contribution in [1.82, 2.24) is 4.90 Å². The summed E-state index contributed by atoms with van der Waals surface area (Å²) in [6.07, 6.45) is 3.08. The lowest BCUT2D eigenvalue weighted by Crippen LogP contribution is -2.39. The summed E-state index contributed by atoms with van der Waals surface area (Å²) >= 11 is 0. The van der Waals surface area contributed by atoms with Crippen LogP contribution >= 0.6 is 0 Å². The van der Waals surface area contributed by atoms with Crippen molar-refractivity contribution in [3.05, 3.63) is 70.8 Å². The Hall–Kier alpha value is -3.43. The molecule has 0 unspecified atom stereocenters. The highest BCUT2D eigenvalue weighted by Gasteiger charge is 2.16. The molecule has 0 radical (unpaired) electrons. The summed E-state index contributed by atoms with van der Waals surface area (Å²) in [4.78, 5) is 26.5. The molecule has 6 heteroatoms. The van der Waals surface area contributed by atoms with Crippen LogP contribution in [-0.4, -0.2) is 43.5 Å². The first-order valence-electron chi connectivity index (χ1n) is 9.26. The molecule has 2 rings (SSSR count). The Morgan fingerprint density at radius 3 is 2.55 bits per heavy atom. The molecule has 0 aliphatic heterocycles. The predicted molar refractivity (Wildman–Crippen MR) is 113 cm³/mol. The van der Waals surface area contributed by atoms with Crippen LogP contribution in [0.2, 0.25) is 0 Å². The molecular weight excluding hydrogens is 366 g/mol. The van der Waals surface area contributed by atoms with E-state index in [1.165, 1.54) is 11.0 Å². The first-order valence-corrected chi connectivity index (χ1v) is 9.26. The van der Waals surface area contributed by atoms with Gasteiger partial charge in [-0.25, -0.2) is 0 Å². The number of nitrogens with one attached hydrogen (secondary N) is 1. The van der Waals surface area contributed by atoms with Crippen molar-refractivity contribution in [2.75, 3.05) is 32.1 Å². The largest absolute Gasteiger partial charge is 0.383 e. The molecule has 0 aliphatic rings. The van der Waals surface area contributed by atoms with Gasteiger partial charge in [0, 0.05) is 25.4 Å². The Bertz CT molecular complexity index is 927. The second-order valence-electron chi connectivity index (χ2n) is 6.62. The summed E-state index contributed by atoms with van der Waals surface area (Å²) in [5, 5.41) is 11.7. The fourth-order valence-corrected chi connectivity index (χ4v) is 2.66. The van der Waals surface area contributed by atoms with E-state index in [2.05, 4.69) is 11.4 Å². The molecule has 29 heavy (non-hydrogen) atoms. The number of ether oxygens (including phenoxy) is 1. The van der Waals surface area contributed by atoms with E-state index >= 15 is 0 Å². The van der Waals surface area contributed by atoms with Crippen LogP contribution in [0.25, 0.3) is 6.08 Å². The van der Waals surface area contributed by atoms with Crippen molar-refractivity contribution in [3.8, 4) is 6.07 Å². The average molecular weight is 391 g/mol. The molecule has 2 aromatic rings. The van der Waals surface area contributed by atoms with E-state index < -0.39 is 0 Å². The maximum Gasteiger partial charge on any atom is 0.247 e. The smallest absolute Gasteiger partial charge is 0.247 e. The number of hydrogen-bond acceptors (Lipinski definition) is 4. The van der Waals surface area contributed by atoms with Crippen molar-refractivity contribution in [1.29, 1.82) is 5.26 Å². The highest BCUT2D eigenvalue weighted by molar-refractivity contribution is 5.98. The van der Waals surface area contributed by atoms with Gasteiger partial charge in [0.1, 0.15) is 6.54 Å². The number of anilines is 1. The molecule has 0 bridgehead atoms.